The molecule has 0 aliphatic rings. The number of nitriles is 1. The first-order valence-electron chi connectivity index (χ1n) is 9.67. The Balaban J connectivity index is 1.85. The lowest BCUT2D eigenvalue weighted by Crippen LogP contribution is -2.17. The lowest BCUT2D eigenvalue weighted by Gasteiger charge is -2.14. The van der Waals surface area contributed by atoms with Crippen LogP contribution in [0.4, 0.5) is 11.4 Å². The van der Waals surface area contributed by atoms with Crippen molar-refractivity contribution in [1.82, 2.24) is 0 Å². The first-order valence-corrected chi connectivity index (χ1v) is 11.2. The number of aryl methyl sites for hydroxylation is 3. The maximum absolute atomic E-state index is 13.0. The minimum Gasteiger partial charge on any atom is -0.322 e. The third-order valence-electron chi connectivity index (χ3n) is 4.87. The van der Waals surface area contributed by atoms with Gasteiger partial charge in [0.2, 0.25) is 0 Å². The third-order valence-corrected chi connectivity index (χ3v) is 6.38. The Morgan fingerprint density at radius 1 is 0.935 bits per heavy atom. The first kappa shape index (κ1) is 22.1. The number of nitrogens with zero attached hydrogens (tertiary/aromatic N) is 1. The quantitative estimate of drug-likeness (QED) is 0.587. The number of rotatable bonds is 6. The Kier molecular flexibility index (Phi) is 6.42. The molecular formula is C24H23N3O3S. The number of hydrogen-bond donors (Lipinski definition) is 2. The molecule has 0 bridgehead atoms. The number of anilines is 2. The summed E-state index contributed by atoms with van der Waals surface area (Å²) in [7, 11) is -3.88. The molecule has 31 heavy (non-hydrogen) atoms. The Labute approximate surface area is 182 Å². The van der Waals surface area contributed by atoms with Gasteiger partial charge in [0.25, 0.3) is 15.9 Å². The fourth-order valence-electron chi connectivity index (χ4n) is 3.08. The van der Waals surface area contributed by atoms with Crippen molar-refractivity contribution in [2.45, 2.75) is 32.1 Å². The van der Waals surface area contributed by atoms with Crippen LogP contribution in [-0.4, -0.2) is 14.3 Å². The molecule has 0 aliphatic carbocycles. The minimum absolute atomic E-state index is 0.0467. The number of amides is 1. The van der Waals surface area contributed by atoms with Crippen LogP contribution in [0.5, 0.6) is 0 Å². The zero-order chi connectivity index (χ0) is 22.6. The van der Waals surface area contributed by atoms with E-state index in [0.717, 1.165) is 16.7 Å². The van der Waals surface area contributed by atoms with Crippen LogP contribution in [0, 0.1) is 32.1 Å². The van der Waals surface area contributed by atoms with E-state index >= 15 is 0 Å². The standard InChI is InChI=1S/C24H23N3O3S/c1-16-4-5-17(2)22(14-16)27-31(29,30)23-15-20(9-6-18(23)3)24(28)26-21-10-7-19(8-11-21)12-13-25/h4-11,14-15,27H,12H2,1-3H3,(H,26,28). The molecule has 0 radical (unpaired) electrons. The lowest BCUT2D eigenvalue weighted by atomic mass is 10.1. The molecule has 0 atom stereocenters. The smallest absolute Gasteiger partial charge is 0.262 e. The van der Waals surface area contributed by atoms with E-state index in [1.807, 2.05) is 26.0 Å². The van der Waals surface area contributed by atoms with Gasteiger partial charge < -0.3 is 5.32 Å². The molecule has 3 aromatic rings. The van der Waals surface area contributed by atoms with Gasteiger partial charge in [0.05, 0.1) is 23.1 Å². The van der Waals surface area contributed by atoms with Crippen LogP contribution < -0.4 is 10.0 Å². The van der Waals surface area contributed by atoms with Crippen molar-refractivity contribution >= 4 is 27.3 Å². The van der Waals surface area contributed by atoms with E-state index < -0.39 is 15.9 Å². The van der Waals surface area contributed by atoms with E-state index in [1.165, 1.54) is 6.07 Å². The molecule has 0 aliphatic heterocycles. The normalized spacial score (nSPS) is 10.9. The molecule has 0 heterocycles. The van der Waals surface area contributed by atoms with Crippen LogP contribution in [-0.2, 0) is 16.4 Å². The summed E-state index contributed by atoms with van der Waals surface area (Å²) >= 11 is 0. The van der Waals surface area contributed by atoms with Crippen molar-refractivity contribution in [3.63, 3.8) is 0 Å². The van der Waals surface area contributed by atoms with E-state index in [2.05, 4.69) is 16.1 Å². The molecule has 0 spiro atoms. The summed E-state index contributed by atoms with van der Waals surface area (Å²) in [4.78, 5) is 12.7. The highest BCUT2D eigenvalue weighted by Crippen LogP contribution is 2.24. The molecule has 3 aromatic carbocycles. The van der Waals surface area contributed by atoms with Crippen LogP contribution >= 0.6 is 0 Å². The lowest BCUT2D eigenvalue weighted by molar-refractivity contribution is 0.102. The van der Waals surface area contributed by atoms with Crippen molar-refractivity contribution in [1.29, 1.82) is 5.26 Å². The summed E-state index contributed by atoms with van der Waals surface area (Å²) in [5.74, 6) is -0.420. The summed E-state index contributed by atoms with van der Waals surface area (Å²) in [5.41, 5.74) is 4.43. The highest BCUT2D eigenvalue weighted by atomic mass is 32.2. The van der Waals surface area contributed by atoms with Crippen LogP contribution in [0.25, 0.3) is 0 Å². The second-order valence-electron chi connectivity index (χ2n) is 7.39. The summed E-state index contributed by atoms with van der Waals surface area (Å²) in [6, 6.07) is 19.1. The highest BCUT2D eigenvalue weighted by molar-refractivity contribution is 7.92. The molecular weight excluding hydrogens is 410 g/mol. The average Bonchev–Trinajstić information content (AvgIpc) is 2.72. The number of carbonyl (C=O) groups excluding carboxylic acids is 1. The fourth-order valence-corrected chi connectivity index (χ4v) is 4.47. The zero-order valence-corrected chi connectivity index (χ0v) is 18.4. The molecule has 3 rings (SSSR count). The Hall–Kier alpha value is -3.63. The Morgan fingerprint density at radius 2 is 1.61 bits per heavy atom. The number of carbonyl (C=O) groups is 1. The summed E-state index contributed by atoms with van der Waals surface area (Å²) in [5, 5.41) is 11.5. The molecule has 158 valence electrons. The molecule has 2 N–H and O–H groups in total. The molecule has 0 aromatic heterocycles. The highest BCUT2D eigenvalue weighted by Gasteiger charge is 2.20. The number of nitrogens with one attached hydrogen (secondary N) is 2. The maximum atomic E-state index is 13.0. The van der Waals surface area contributed by atoms with Crippen molar-refractivity contribution in [2.75, 3.05) is 10.0 Å². The maximum Gasteiger partial charge on any atom is 0.262 e. The topological polar surface area (TPSA) is 99.1 Å². The number of hydrogen-bond acceptors (Lipinski definition) is 4. The predicted molar refractivity (Wildman–Crippen MR) is 122 cm³/mol. The van der Waals surface area contributed by atoms with Crippen molar-refractivity contribution in [3.05, 3.63) is 88.5 Å². The van der Waals surface area contributed by atoms with E-state index in [9.17, 15) is 13.2 Å². The van der Waals surface area contributed by atoms with Crippen LogP contribution in [0.2, 0.25) is 0 Å². The summed E-state index contributed by atoms with van der Waals surface area (Å²) in [6.45, 7) is 5.41. The van der Waals surface area contributed by atoms with Gasteiger partial charge in [-0.05, 0) is 73.4 Å². The van der Waals surface area contributed by atoms with Gasteiger partial charge in [-0.3, -0.25) is 9.52 Å². The number of sulfonamides is 1. The van der Waals surface area contributed by atoms with E-state index in [1.54, 1.807) is 49.4 Å². The van der Waals surface area contributed by atoms with Gasteiger partial charge in [0, 0.05) is 11.3 Å². The van der Waals surface area contributed by atoms with Crippen LogP contribution in [0.1, 0.15) is 32.6 Å². The van der Waals surface area contributed by atoms with Gasteiger partial charge in [0.1, 0.15) is 0 Å². The largest absolute Gasteiger partial charge is 0.322 e. The SMILES string of the molecule is Cc1ccc(C)c(NS(=O)(=O)c2cc(C(=O)Nc3ccc(CC#N)cc3)ccc2C)c1. The van der Waals surface area contributed by atoms with E-state index in [-0.39, 0.29) is 10.5 Å². The molecule has 7 heteroatoms. The Morgan fingerprint density at radius 3 is 2.29 bits per heavy atom. The van der Waals surface area contributed by atoms with Gasteiger partial charge in [-0.25, -0.2) is 8.42 Å². The van der Waals surface area contributed by atoms with Crippen molar-refractivity contribution in [2.24, 2.45) is 0 Å². The van der Waals surface area contributed by atoms with E-state index in [4.69, 9.17) is 5.26 Å². The second kappa shape index (κ2) is 9.02. The number of benzene rings is 3. The van der Waals surface area contributed by atoms with Crippen molar-refractivity contribution < 1.29 is 13.2 Å². The summed E-state index contributed by atoms with van der Waals surface area (Å²) < 4.78 is 28.7. The second-order valence-corrected chi connectivity index (χ2v) is 9.04. The van der Waals surface area contributed by atoms with Crippen LogP contribution in [0.3, 0.4) is 0 Å². The average molecular weight is 434 g/mol. The first-order chi connectivity index (χ1) is 14.7. The minimum atomic E-state index is -3.88. The van der Waals surface area contributed by atoms with Gasteiger partial charge in [-0.1, -0.05) is 30.3 Å². The molecule has 0 fully saturated rings. The van der Waals surface area contributed by atoms with Crippen LogP contribution in [0.15, 0.2) is 65.6 Å². The van der Waals surface area contributed by atoms with Gasteiger partial charge >= 0.3 is 0 Å². The zero-order valence-electron chi connectivity index (χ0n) is 17.6. The molecule has 0 saturated heterocycles. The molecule has 6 nitrogen and oxygen atoms in total. The molecule has 0 saturated carbocycles. The molecule has 1 amide bonds. The fraction of sp³-hybridized carbons (Fsp3) is 0.167. The van der Waals surface area contributed by atoms with Gasteiger partial charge in [0.15, 0.2) is 0 Å². The third kappa shape index (κ3) is 5.30. The monoisotopic (exact) mass is 433 g/mol. The van der Waals surface area contributed by atoms with Gasteiger partial charge in [-0.15, -0.1) is 0 Å². The van der Waals surface area contributed by atoms with E-state index in [0.29, 0.717) is 23.4 Å². The predicted octanol–water partition coefficient (Wildman–Crippen LogP) is 4.73. The van der Waals surface area contributed by atoms with Gasteiger partial charge in [-0.2, -0.15) is 5.26 Å². The Bertz CT molecular complexity index is 1270. The van der Waals surface area contributed by atoms with Crippen molar-refractivity contribution in [3.8, 4) is 6.07 Å². The summed E-state index contributed by atoms with van der Waals surface area (Å²) in [6.07, 6.45) is 0.292. The molecule has 0 unspecified atom stereocenters.